The van der Waals surface area contributed by atoms with Crippen molar-refractivity contribution in [2.45, 2.75) is 6.42 Å². The minimum atomic E-state index is 0.313. The molecule has 0 radical (unpaired) electrons. The third-order valence-electron chi connectivity index (χ3n) is 1.08. The highest BCUT2D eigenvalue weighted by Crippen LogP contribution is 2.08. The van der Waals surface area contributed by atoms with E-state index in [0.29, 0.717) is 24.1 Å². The largest absolute Gasteiger partial charge is 0.476 e. The fourth-order valence-electron chi connectivity index (χ4n) is 0.610. The van der Waals surface area contributed by atoms with E-state index in [0.717, 1.165) is 0 Å². The molecule has 0 aliphatic carbocycles. The minimum absolute atomic E-state index is 0.313. The molecule has 0 spiro atoms. The normalized spacial score (nSPS) is 9.00. The number of hydrogen-bond donors (Lipinski definition) is 0. The zero-order valence-corrected chi connectivity index (χ0v) is 7.08. The molecule has 62 valence electrons. The van der Waals surface area contributed by atoms with Crippen molar-refractivity contribution >= 4 is 11.6 Å². The van der Waals surface area contributed by atoms with Gasteiger partial charge in [-0.25, -0.2) is 0 Å². The molecule has 0 aliphatic rings. The zero-order chi connectivity index (χ0) is 8.81. The molecular formula is C8H7ClN2O. The second kappa shape index (κ2) is 4.58. The van der Waals surface area contributed by atoms with Crippen molar-refractivity contribution in [3.63, 3.8) is 0 Å². The van der Waals surface area contributed by atoms with Crippen LogP contribution in [0.2, 0.25) is 5.15 Å². The molecule has 0 amide bonds. The summed E-state index contributed by atoms with van der Waals surface area (Å²) in [6.07, 6.45) is 8.51. The number of ether oxygens (including phenoxy) is 1. The Morgan fingerprint density at radius 3 is 3.08 bits per heavy atom. The van der Waals surface area contributed by atoms with Crippen LogP contribution < -0.4 is 4.74 Å². The maximum Gasteiger partial charge on any atom is 0.233 e. The summed E-state index contributed by atoms with van der Waals surface area (Å²) in [7, 11) is 0. The Balaban J connectivity index is 2.48. The first-order valence-electron chi connectivity index (χ1n) is 3.36. The van der Waals surface area contributed by atoms with Crippen molar-refractivity contribution in [2.75, 3.05) is 6.61 Å². The van der Waals surface area contributed by atoms with E-state index in [2.05, 4.69) is 15.9 Å². The van der Waals surface area contributed by atoms with Gasteiger partial charge in [-0.2, -0.15) is 4.98 Å². The van der Waals surface area contributed by atoms with Gasteiger partial charge in [0.25, 0.3) is 0 Å². The van der Waals surface area contributed by atoms with Gasteiger partial charge in [0.05, 0.1) is 12.4 Å². The molecule has 0 saturated carbocycles. The molecule has 0 unspecified atom stereocenters. The van der Waals surface area contributed by atoms with Crippen molar-refractivity contribution in [1.82, 2.24) is 9.97 Å². The van der Waals surface area contributed by atoms with Gasteiger partial charge in [0.2, 0.25) is 5.88 Å². The topological polar surface area (TPSA) is 35.0 Å². The Morgan fingerprint density at radius 1 is 1.58 bits per heavy atom. The van der Waals surface area contributed by atoms with E-state index in [1.165, 1.54) is 12.4 Å². The number of rotatable bonds is 3. The van der Waals surface area contributed by atoms with Gasteiger partial charge in [0.15, 0.2) is 5.15 Å². The summed E-state index contributed by atoms with van der Waals surface area (Å²) in [4.78, 5) is 7.65. The zero-order valence-electron chi connectivity index (χ0n) is 6.33. The van der Waals surface area contributed by atoms with Crippen LogP contribution in [0.1, 0.15) is 6.42 Å². The van der Waals surface area contributed by atoms with Crippen LogP contribution >= 0.6 is 11.6 Å². The first-order valence-corrected chi connectivity index (χ1v) is 3.74. The van der Waals surface area contributed by atoms with Crippen LogP contribution in [0.3, 0.4) is 0 Å². The molecule has 1 aromatic heterocycles. The lowest BCUT2D eigenvalue weighted by molar-refractivity contribution is 0.313. The van der Waals surface area contributed by atoms with Crippen LogP contribution in [0, 0.1) is 12.3 Å². The Kier molecular flexibility index (Phi) is 3.36. The number of terminal acetylenes is 1. The lowest BCUT2D eigenvalue weighted by Crippen LogP contribution is -1.98. The lowest BCUT2D eigenvalue weighted by atomic mass is 10.5. The molecule has 0 bridgehead atoms. The highest BCUT2D eigenvalue weighted by atomic mass is 35.5. The molecule has 3 nitrogen and oxygen atoms in total. The average molecular weight is 183 g/mol. The van der Waals surface area contributed by atoms with Crippen LogP contribution in [-0.4, -0.2) is 16.6 Å². The maximum atomic E-state index is 5.56. The highest BCUT2D eigenvalue weighted by molar-refractivity contribution is 6.29. The summed E-state index contributed by atoms with van der Waals surface area (Å²) < 4.78 is 5.13. The second-order valence-electron chi connectivity index (χ2n) is 1.98. The van der Waals surface area contributed by atoms with Gasteiger partial charge in [-0.3, -0.25) is 4.98 Å². The first kappa shape index (κ1) is 8.82. The highest BCUT2D eigenvalue weighted by Gasteiger charge is 1.95. The van der Waals surface area contributed by atoms with Crippen LogP contribution in [0.15, 0.2) is 12.4 Å². The van der Waals surface area contributed by atoms with Crippen molar-refractivity contribution in [3.8, 4) is 18.2 Å². The maximum absolute atomic E-state index is 5.56. The molecule has 0 aliphatic heterocycles. The molecule has 12 heavy (non-hydrogen) atoms. The summed E-state index contributed by atoms with van der Waals surface area (Å²) in [6.45, 7) is 0.436. The second-order valence-corrected chi connectivity index (χ2v) is 2.37. The van der Waals surface area contributed by atoms with Crippen molar-refractivity contribution in [1.29, 1.82) is 0 Å². The lowest BCUT2D eigenvalue weighted by Gasteiger charge is -2.00. The SMILES string of the molecule is C#CCCOc1cncc(Cl)n1. The Hall–Kier alpha value is -1.27. The number of halogens is 1. The fraction of sp³-hybridized carbons (Fsp3) is 0.250. The van der Waals surface area contributed by atoms with E-state index < -0.39 is 0 Å². The van der Waals surface area contributed by atoms with Gasteiger partial charge >= 0.3 is 0 Å². The summed E-state index contributed by atoms with van der Waals surface area (Å²) in [5.41, 5.74) is 0. The molecule has 0 aromatic carbocycles. The summed E-state index contributed by atoms with van der Waals surface area (Å²) in [5, 5.41) is 0.313. The molecule has 0 fully saturated rings. The van der Waals surface area contributed by atoms with Crippen LogP contribution in [0.5, 0.6) is 5.88 Å². The molecule has 0 N–H and O–H groups in total. The van der Waals surface area contributed by atoms with Crippen LogP contribution in [0.4, 0.5) is 0 Å². The van der Waals surface area contributed by atoms with Crippen LogP contribution in [0.25, 0.3) is 0 Å². The first-order chi connectivity index (χ1) is 5.83. The molecule has 1 aromatic rings. The monoisotopic (exact) mass is 182 g/mol. The molecule has 1 heterocycles. The molecule has 0 saturated heterocycles. The predicted molar refractivity (Wildman–Crippen MR) is 46.0 cm³/mol. The summed E-state index contributed by atoms with van der Waals surface area (Å²) in [5.74, 6) is 2.85. The van der Waals surface area contributed by atoms with Gasteiger partial charge < -0.3 is 4.74 Å². The van der Waals surface area contributed by atoms with Gasteiger partial charge in [0, 0.05) is 6.42 Å². The van der Waals surface area contributed by atoms with Crippen molar-refractivity contribution < 1.29 is 4.74 Å². The van der Waals surface area contributed by atoms with E-state index >= 15 is 0 Å². The van der Waals surface area contributed by atoms with E-state index in [1.54, 1.807) is 0 Å². The average Bonchev–Trinajstić information content (AvgIpc) is 2.05. The number of nitrogens with zero attached hydrogens (tertiary/aromatic N) is 2. The fourth-order valence-corrected chi connectivity index (χ4v) is 0.749. The quantitative estimate of drug-likeness (QED) is 0.525. The van der Waals surface area contributed by atoms with Gasteiger partial charge in [-0.1, -0.05) is 11.6 Å². The van der Waals surface area contributed by atoms with E-state index in [4.69, 9.17) is 22.8 Å². The van der Waals surface area contributed by atoms with E-state index in [9.17, 15) is 0 Å². The van der Waals surface area contributed by atoms with E-state index in [-0.39, 0.29) is 0 Å². The standard InChI is InChI=1S/C8H7ClN2O/c1-2-3-4-12-8-6-10-5-7(9)11-8/h1,5-6H,3-4H2. The number of aromatic nitrogens is 2. The Bertz CT molecular complexity index is 295. The molecule has 4 heteroatoms. The van der Waals surface area contributed by atoms with Gasteiger partial charge in [-0.05, 0) is 0 Å². The van der Waals surface area contributed by atoms with Gasteiger partial charge in [0.1, 0.15) is 6.61 Å². The van der Waals surface area contributed by atoms with Crippen LogP contribution in [-0.2, 0) is 0 Å². The van der Waals surface area contributed by atoms with Crippen molar-refractivity contribution in [3.05, 3.63) is 17.5 Å². The summed E-state index contributed by atoms with van der Waals surface area (Å²) >= 11 is 5.56. The smallest absolute Gasteiger partial charge is 0.233 e. The minimum Gasteiger partial charge on any atom is -0.476 e. The third-order valence-corrected chi connectivity index (χ3v) is 1.26. The predicted octanol–water partition coefficient (Wildman–Crippen LogP) is 1.53. The van der Waals surface area contributed by atoms with Crippen molar-refractivity contribution in [2.24, 2.45) is 0 Å². The van der Waals surface area contributed by atoms with Gasteiger partial charge in [-0.15, -0.1) is 12.3 Å². The molecule has 0 atom stereocenters. The van der Waals surface area contributed by atoms with E-state index in [1.807, 2.05) is 0 Å². The molecule has 1 rings (SSSR count). The number of hydrogen-bond acceptors (Lipinski definition) is 3. The Labute approximate surface area is 75.7 Å². The third kappa shape index (κ3) is 2.77. The summed E-state index contributed by atoms with van der Waals surface area (Å²) in [6, 6.07) is 0. The Morgan fingerprint density at radius 2 is 2.42 bits per heavy atom. The molecular weight excluding hydrogens is 176 g/mol.